The maximum Gasteiger partial charge on any atom is 0.252 e. The summed E-state index contributed by atoms with van der Waals surface area (Å²) in [6.07, 6.45) is 4.47. The second kappa shape index (κ2) is 7.87. The molecule has 1 aromatic heterocycles. The van der Waals surface area contributed by atoms with Crippen LogP contribution < -0.4 is 10.1 Å². The van der Waals surface area contributed by atoms with Crippen LogP contribution in [0.25, 0.3) is 0 Å². The second-order valence-electron chi connectivity index (χ2n) is 7.01. The fraction of sp³-hybridized carbons (Fsp3) is 0.429. The van der Waals surface area contributed by atoms with Crippen LogP contribution in [0.2, 0.25) is 0 Å². The number of amides is 1. The molecule has 1 saturated heterocycles. The monoisotopic (exact) mass is 354 g/mol. The average molecular weight is 354 g/mol. The van der Waals surface area contributed by atoms with Crippen LogP contribution in [0, 0.1) is 13.8 Å². The van der Waals surface area contributed by atoms with Gasteiger partial charge in [-0.05, 0) is 57.2 Å². The fourth-order valence-corrected chi connectivity index (χ4v) is 3.18. The Labute approximate surface area is 154 Å². The molecule has 138 valence electrons. The Morgan fingerprint density at radius 2 is 2.00 bits per heavy atom. The second-order valence-corrected chi connectivity index (χ2v) is 7.01. The molecule has 0 aliphatic carbocycles. The number of para-hydroxylation sites is 1. The number of hydrogen-bond donors (Lipinski definition) is 1. The minimum atomic E-state index is -0.742. The van der Waals surface area contributed by atoms with Crippen molar-refractivity contribution in [2.75, 3.05) is 6.61 Å². The Balaban J connectivity index is 1.72. The van der Waals surface area contributed by atoms with Gasteiger partial charge >= 0.3 is 0 Å². The lowest BCUT2D eigenvalue weighted by Gasteiger charge is -2.32. The number of nitrogens with one attached hydrogen (secondary N) is 1. The van der Waals surface area contributed by atoms with E-state index in [4.69, 9.17) is 9.47 Å². The highest BCUT2D eigenvalue weighted by atomic mass is 16.5. The van der Waals surface area contributed by atoms with Gasteiger partial charge in [0.15, 0.2) is 0 Å². The Morgan fingerprint density at radius 1 is 1.23 bits per heavy atom. The van der Waals surface area contributed by atoms with E-state index in [1.165, 1.54) is 0 Å². The standard InChI is InChI=1S/C21H26N2O3/c1-15-8-6-9-16(2)18(15)26-19-17(10-7-12-22-19)14-23-20(24)21(3)11-4-5-13-25-21/h6-10,12H,4-5,11,13-14H2,1-3H3,(H,23,24). The van der Waals surface area contributed by atoms with Gasteiger partial charge in [-0.15, -0.1) is 0 Å². The zero-order chi connectivity index (χ0) is 18.6. The summed E-state index contributed by atoms with van der Waals surface area (Å²) in [5, 5.41) is 2.98. The number of nitrogens with zero attached hydrogens (tertiary/aromatic N) is 1. The van der Waals surface area contributed by atoms with Gasteiger partial charge in [0.1, 0.15) is 11.4 Å². The van der Waals surface area contributed by atoms with E-state index < -0.39 is 5.60 Å². The molecule has 2 aromatic rings. The van der Waals surface area contributed by atoms with Gasteiger partial charge in [0.2, 0.25) is 5.88 Å². The zero-order valence-electron chi connectivity index (χ0n) is 15.7. The van der Waals surface area contributed by atoms with Crippen LogP contribution in [0.3, 0.4) is 0 Å². The van der Waals surface area contributed by atoms with E-state index >= 15 is 0 Å². The molecule has 26 heavy (non-hydrogen) atoms. The van der Waals surface area contributed by atoms with Gasteiger partial charge in [-0.2, -0.15) is 0 Å². The van der Waals surface area contributed by atoms with E-state index in [2.05, 4.69) is 10.3 Å². The van der Waals surface area contributed by atoms with Crippen LogP contribution >= 0.6 is 0 Å². The molecule has 0 spiro atoms. The summed E-state index contributed by atoms with van der Waals surface area (Å²) in [6.45, 7) is 6.87. The Bertz CT molecular complexity index is 762. The van der Waals surface area contributed by atoms with Crippen molar-refractivity contribution in [1.29, 1.82) is 0 Å². The van der Waals surface area contributed by atoms with E-state index in [0.29, 0.717) is 19.0 Å². The summed E-state index contributed by atoms with van der Waals surface area (Å²) in [5.41, 5.74) is 2.19. The maximum absolute atomic E-state index is 12.6. The van der Waals surface area contributed by atoms with Crippen molar-refractivity contribution in [3.05, 3.63) is 53.2 Å². The molecule has 1 aromatic carbocycles. The van der Waals surface area contributed by atoms with Crippen LogP contribution in [0.15, 0.2) is 36.5 Å². The fourth-order valence-electron chi connectivity index (χ4n) is 3.18. The third-order valence-electron chi connectivity index (χ3n) is 4.85. The maximum atomic E-state index is 12.6. The van der Waals surface area contributed by atoms with Gasteiger partial charge in [-0.25, -0.2) is 4.98 Å². The Morgan fingerprint density at radius 3 is 2.69 bits per heavy atom. The van der Waals surface area contributed by atoms with Gasteiger partial charge in [-0.3, -0.25) is 4.79 Å². The third kappa shape index (κ3) is 4.05. The molecule has 1 amide bonds. The van der Waals surface area contributed by atoms with E-state index in [9.17, 15) is 4.79 Å². The predicted octanol–water partition coefficient (Wildman–Crippen LogP) is 4.07. The summed E-state index contributed by atoms with van der Waals surface area (Å²) < 4.78 is 11.8. The summed E-state index contributed by atoms with van der Waals surface area (Å²) >= 11 is 0. The van der Waals surface area contributed by atoms with Crippen LogP contribution in [0.5, 0.6) is 11.6 Å². The summed E-state index contributed by atoms with van der Waals surface area (Å²) in [5.74, 6) is 1.24. The molecule has 1 aliphatic heterocycles. The SMILES string of the molecule is Cc1cccc(C)c1Oc1ncccc1CNC(=O)C1(C)CCCCO1. The molecule has 1 atom stereocenters. The number of benzene rings is 1. The Hall–Kier alpha value is -2.40. The summed E-state index contributed by atoms with van der Waals surface area (Å²) in [4.78, 5) is 16.9. The summed E-state index contributed by atoms with van der Waals surface area (Å²) in [7, 11) is 0. The first-order valence-corrected chi connectivity index (χ1v) is 9.10. The van der Waals surface area contributed by atoms with Gasteiger partial charge in [0.05, 0.1) is 0 Å². The number of rotatable bonds is 5. The summed E-state index contributed by atoms with van der Waals surface area (Å²) in [6, 6.07) is 9.78. The van der Waals surface area contributed by atoms with Crippen molar-refractivity contribution < 1.29 is 14.3 Å². The van der Waals surface area contributed by atoms with E-state index in [-0.39, 0.29) is 5.91 Å². The van der Waals surface area contributed by atoms with Crippen molar-refractivity contribution >= 4 is 5.91 Å². The van der Waals surface area contributed by atoms with Gasteiger partial charge in [0.25, 0.3) is 5.91 Å². The lowest BCUT2D eigenvalue weighted by Crippen LogP contribution is -2.48. The molecule has 5 heteroatoms. The molecule has 1 fully saturated rings. The first kappa shape index (κ1) is 18.4. The molecular formula is C21H26N2O3. The number of carbonyl (C=O) groups excluding carboxylic acids is 1. The predicted molar refractivity (Wildman–Crippen MR) is 100 cm³/mol. The van der Waals surface area contributed by atoms with Gasteiger partial charge in [0, 0.05) is 24.9 Å². The van der Waals surface area contributed by atoms with Gasteiger partial charge in [-0.1, -0.05) is 24.3 Å². The number of aromatic nitrogens is 1. The Kier molecular flexibility index (Phi) is 5.57. The van der Waals surface area contributed by atoms with Crippen molar-refractivity contribution in [3.8, 4) is 11.6 Å². The third-order valence-corrected chi connectivity index (χ3v) is 4.85. The number of hydrogen-bond acceptors (Lipinski definition) is 4. The highest BCUT2D eigenvalue weighted by Crippen LogP contribution is 2.29. The van der Waals surface area contributed by atoms with Crippen LogP contribution in [0.1, 0.15) is 42.9 Å². The molecule has 1 N–H and O–H groups in total. The topological polar surface area (TPSA) is 60.5 Å². The number of aryl methyl sites for hydroxylation is 2. The number of carbonyl (C=O) groups is 1. The van der Waals surface area contributed by atoms with Crippen molar-refractivity contribution in [3.63, 3.8) is 0 Å². The van der Waals surface area contributed by atoms with Crippen molar-refractivity contribution in [2.45, 2.75) is 52.2 Å². The van der Waals surface area contributed by atoms with E-state index in [1.54, 1.807) is 6.20 Å². The quantitative estimate of drug-likeness (QED) is 0.879. The highest BCUT2D eigenvalue weighted by Gasteiger charge is 2.35. The molecule has 0 radical (unpaired) electrons. The molecule has 3 rings (SSSR count). The first-order valence-electron chi connectivity index (χ1n) is 9.10. The number of pyridine rings is 1. The van der Waals surface area contributed by atoms with Crippen LogP contribution in [-0.2, 0) is 16.1 Å². The van der Waals surface area contributed by atoms with Crippen molar-refractivity contribution in [1.82, 2.24) is 10.3 Å². The normalized spacial score (nSPS) is 19.8. The largest absolute Gasteiger partial charge is 0.438 e. The lowest BCUT2D eigenvalue weighted by molar-refractivity contribution is -0.150. The highest BCUT2D eigenvalue weighted by molar-refractivity contribution is 5.84. The van der Waals surface area contributed by atoms with E-state index in [1.807, 2.05) is 51.1 Å². The molecular weight excluding hydrogens is 328 g/mol. The molecule has 0 saturated carbocycles. The van der Waals surface area contributed by atoms with Crippen molar-refractivity contribution in [2.24, 2.45) is 0 Å². The van der Waals surface area contributed by atoms with Gasteiger partial charge < -0.3 is 14.8 Å². The van der Waals surface area contributed by atoms with E-state index in [0.717, 1.165) is 41.7 Å². The molecule has 2 heterocycles. The number of ether oxygens (including phenoxy) is 2. The zero-order valence-corrected chi connectivity index (χ0v) is 15.7. The minimum Gasteiger partial charge on any atom is -0.438 e. The first-order chi connectivity index (χ1) is 12.5. The lowest BCUT2D eigenvalue weighted by atomic mass is 9.95. The average Bonchev–Trinajstić information content (AvgIpc) is 2.64. The molecule has 5 nitrogen and oxygen atoms in total. The molecule has 1 unspecified atom stereocenters. The van der Waals surface area contributed by atoms with Crippen LogP contribution in [-0.4, -0.2) is 23.1 Å². The molecule has 1 aliphatic rings. The molecule has 0 bridgehead atoms. The minimum absolute atomic E-state index is 0.0842. The van der Waals surface area contributed by atoms with Crippen LogP contribution in [0.4, 0.5) is 0 Å². The smallest absolute Gasteiger partial charge is 0.252 e.